The zero-order valence-corrected chi connectivity index (χ0v) is 17.3. The summed E-state index contributed by atoms with van der Waals surface area (Å²) < 4.78 is 0. The molecule has 86 valence electrons. The van der Waals surface area contributed by atoms with Gasteiger partial charge in [-0.25, -0.2) is 0 Å². The van der Waals surface area contributed by atoms with E-state index in [1.54, 1.807) is 0 Å². The van der Waals surface area contributed by atoms with E-state index in [2.05, 4.69) is 0 Å². The molecular formula is Cl10Si4. The average Bonchev–Trinajstić information content (AvgIpc) is 1.81. The third-order valence-electron chi connectivity index (χ3n) is 1.11. The molecule has 0 amide bonds. The van der Waals surface area contributed by atoms with E-state index < -0.39 is 22.5 Å². The van der Waals surface area contributed by atoms with Crippen molar-refractivity contribution < 1.29 is 0 Å². The monoisotopic (exact) mass is 462 g/mol. The van der Waals surface area contributed by atoms with Crippen molar-refractivity contribution in [3.05, 3.63) is 0 Å². The second-order valence-corrected chi connectivity index (χ2v) is 57.9. The van der Waals surface area contributed by atoms with Gasteiger partial charge in [0, 0.05) is 0 Å². The van der Waals surface area contributed by atoms with Crippen molar-refractivity contribution in [3.63, 3.8) is 0 Å². The van der Waals surface area contributed by atoms with Gasteiger partial charge in [0.05, 0.1) is 0 Å². The summed E-state index contributed by atoms with van der Waals surface area (Å²) in [7, 11) is 0. The van der Waals surface area contributed by atoms with Gasteiger partial charge in [-0.1, -0.05) is 0 Å². The lowest BCUT2D eigenvalue weighted by Crippen LogP contribution is -2.68. The van der Waals surface area contributed by atoms with Crippen LogP contribution in [0.5, 0.6) is 0 Å². The Morgan fingerprint density at radius 1 is 0.357 bits per heavy atom. The second kappa shape index (κ2) is 5.41. The van der Waals surface area contributed by atoms with Gasteiger partial charge in [-0.2, -0.15) is 0 Å². The first-order chi connectivity index (χ1) is 5.75. The first-order valence-corrected chi connectivity index (χ1v) is 23.8. The Morgan fingerprint density at radius 3 is 0.571 bits per heavy atom. The highest BCUT2D eigenvalue weighted by molar-refractivity contribution is 8.32. The van der Waals surface area contributed by atoms with Crippen LogP contribution in [0.1, 0.15) is 0 Å². The fraction of sp³-hybridized carbons (Fsp3) is 0. The number of hydrogen-bond donors (Lipinski definition) is 0. The Bertz CT molecular complexity index is 181. The van der Waals surface area contributed by atoms with Crippen LogP contribution >= 0.6 is 111 Å². The molecule has 0 heterocycles. The highest BCUT2D eigenvalue weighted by Crippen LogP contribution is 2.52. The Morgan fingerprint density at radius 2 is 0.500 bits per heavy atom. The summed E-state index contributed by atoms with van der Waals surface area (Å²) in [6.07, 6.45) is 0. The minimum atomic E-state index is -3.55. The zero-order chi connectivity index (χ0) is 12.0. The van der Waals surface area contributed by atoms with Gasteiger partial charge in [-0.05, 0) is 0 Å². The molecule has 0 saturated heterocycles. The van der Waals surface area contributed by atoms with Crippen molar-refractivity contribution in [2.24, 2.45) is 0 Å². The van der Waals surface area contributed by atoms with E-state index in [9.17, 15) is 0 Å². The molecule has 0 fully saturated rings. The fourth-order valence-corrected chi connectivity index (χ4v) is 86.5. The molecule has 0 nitrogen and oxygen atoms in total. The maximum atomic E-state index is 5.94. The van der Waals surface area contributed by atoms with Crippen LogP contribution in [-0.4, -0.2) is 22.5 Å². The van der Waals surface area contributed by atoms with E-state index in [1.165, 1.54) is 0 Å². The molecule has 0 bridgehead atoms. The van der Waals surface area contributed by atoms with Gasteiger partial charge in [0.1, 0.15) is 0 Å². The molecule has 0 radical (unpaired) electrons. The maximum absolute atomic E-state index is 5.94. The van der Waals surface area contributed by atoms with E-state index >= 15 is 0 Å². The minimum Gasteiger partial charge on any atom is -0.146 e. The van der Waals surface area contributed by atoms with Crippen molar-refractivity contribution in [1.29, 1.82) is 0 Å². The second-order valence-electron chi connectivity index (χ2n) is 2.14. The van der Waals surface area contributed by atoms with Gasteiger partial charge in [0.2, 0.25) is 0 Å². The van der Waals surface area contributed by atoms with Crippen LogP contribution in [0.2, 0.25) is 0 Å². The first-order valence-electron chi connectivity index (χ1n) is 2.64. The quantitative estimate of drug-likeness (QED) is 0.387. The predicted octanol–water partition coefficient (Wildman–Crippen LogP) is 5.37. The summed E-state index contributed by atoms with van der Waals surface area (Å²) in [5.74, 6) is 0. The lowest BCUT2D eigenvalue weighted by molar-refractivity contribution is 3.25. The molecule has 14 heteroatoms. The number of hydrogen-bond acceptors (Lipinski definition) is 0. The van der Waals surface area contributed by atoms with Crippen LogP contribution < -0.4 is 0 Å². The van der Waals surface area contributed by atoms with Crippen LogP contribution in [0.25, 0.3) is 0 Å². The molecule has 0 spiro atoms. The topological polar surface area (TPSA) is 0 Å². The molecule has 0 saturated carbocycles. The van der Waals surface area contributed by atoms with E-state index in [4.69, 9.17) is 111 Å². The minimum absolute atomic E-state index is 3.46. The number of rotatable bonds is 3. The standard InChI is InChI=1S/Cl10Si4/c1-11(2,3)13(7,8)14(9,10)12(4,5)6. The molecular weight excluding hydrogens is 467 g/mol. The largest absolute Gasteiger partial charge is 0.358 e. The molecule has 0 aliphatic rings. The molecule has 0 N–H and O–H groups in total. The average molecular weight is 467 g/mol. The fourth-order valence-electron chi connectivity index (χ4n) is 0.356. The lowest BCUT2D eigenvalue weighted by atomic mass is 26.2. The van der Waals surface area contributed by atoms with Gasteiger partial charge in [-0.3, -0.25) is 0 Å². The van der Waals surface area contributed by atoms with Crippen LogP contribution in [-0.2, 0) is 0 Å². The lowest BCUT2D eigenvalue weighted by Gasteiger charge is -2.34. The molecule has 0 aromatic carbocycles. The van der Waals surface area contributed by atoms with Gasteiger partial charge < -0.3 is 0 Å². The van der Waals surface area contributed by atoms with Gasteiger partial charge in [0.25, 0.3) is 0 Å². The normalized spacial score (nSPS) is 15.9. The van der Waals surface area contributed by atoms with Crippen LogP contribution in [0, 0.1) is 0 Å². The summed E-state index contributed by atoms with van der Waals surface area (Å²) in [6, 6.07) is 0. The van der Waals surface area contributed by atoms with Crippen LogP contribution in [0.4, 0.5) is 0 Å². The Labute approximate surface area is 131 Å². The van der Waals surface area contributed by atoms with E-state index in [0.29, 0.717) is 0 Å². The summed E-state index contributed by atoms with van der Waals surface area (Å²) in [5, 5.41) is 0. The zero-order valence-electron chi connectivity index (χ0n) is 5.78. The highest BCUT2D eigenvalue weighted by atomic mass is 35.9. The van der Waals surface area contributed by atoms with Crippen molar-refractivity contribution in [3.8, 4) is 0 Å². The molecule has 0 rings (SSSR count). The molecule has 14 heavy (non-hydrogen) atoms. The third-order valence-corrected chi connectivity index (χ3v) is 89.6. The molecule has 0 aliphatic carbocycles. The SMILES string of the molecule is Cl[Si](Cl)(Cl)[Si](Cl)(Cl)[Si](Cl)(Cl)[Si](Cl)(Cl)Cl. The predicted molar refractivity (Wildman–Crippen MR) is 81.5 cm³/mol. The van der Waals surface area contributed by atoms with Crippen LogP contribution in [0.15, 0.2) is 0 Å². The van der Waals surface area contributed by atoms with Crippen molar-refractivity contribution in [1.82, 2.24) is 0 Å². The Kier molecular flexibility index (Phi) is 6.86. The summed E-state index contributed by atoms with van der Waals surface area (Å²) in [6.45, 7) is 0. The summed E-state index contributed by atoms with van der Waals surface area (Å²) >= 11 is 57.9. The smallest absolute Gasteiger partial charge is 0.146 e. The summed E-state index contributed by atoms with van der Waals surface area (Å²) in [5.41, 5.74) is -14.0. The molecule has 0 aliphatic heterocycles. The maximum Gasteiger partial charge on any atom is 0.358 e. The molecule has 0 unspecified atom stereocenters. The van der Waals surface area contributed by atoms with Crippen molar-refractivity contribution >= 4 is 133 Å². The van der Waals surface area contributed by atoms with Crippen molar-refractivity contribution in [2.75, 3.05) is 0 Å². The first kappa shape index (κ1) is 17.8. The molecule has 0 aromatic heterocycles. The van der Waals surface area contributed by atoms with E-state index in [1.807, 2.05) is 0 Å². The third kappa shape index (κ3) is 3.63. The molecule has 0 atom stereocenters. The Balaban J connectivity index is 5.30. The van der Waals surface area contributed by atoms with Gasteiger partial charge in [-0.15, -0.1) is 111 Å². The van der Waals surface area contributed by atoms with E-state index in [-0.39, 0.29) is 0 Å². The van der Waals surface area contributed by atoms with Crippen LogP contribution in [0.3, 0.4) is 0 Å². The van der Waals surface area contributed by atoms with Crippen molar-refractivity contribution in [2.45, 2.75) is 0 Å². The number of halogens is 10. The Hall–Kier alpha value is 3.77. The van der Waals surface area contributed by atoms with Gasteiger partial charge >= 0.3 is 22.5 Å². The van der Waals surface area contributed by atoms with Gasteiger partial charge in [0.15, 0.2) is 0 Å². The summed E-state index contributed by atoms with van der Waals surface area (Å²) in [4.78, 5) is 0. The highest BCUT2D eigenvalue weighted by Gasteiger charge is 2.75. The van der Waals surface area contributed by atoms with E-state index in [0.717, 1.165) is 0 Å². The molecule has 0 aromatic rings.